The first kappa shape index (κ1) is 13.1. The minimum atomic E-state index is -0.120. The summed E-state index contributed by atoms with van der Waals surface area (Å²) < 4.78 is 2.22. The third kappa shape index (κ3) is 3.13. The van der Waals surface area contributed by atoms with E-state index in [9.17, 15) is 4.79 Å². The number of nitrogens with one attached hydrogen (secondary N) is 1. The van der Waals surface area contributed by atoms with Crippen LogP contribution in [-0.4, -0.2) is 21.8 Å². The summed E-state index contributed by atoms with van der Waals surface area (Å²) in [7, 11) is 0. The van der Waals surface area contributed by atoms with E-state index in [0.29, 0.717) is 6.54 Å². The number of hydrogen-bond donors (Lipinski definition) is 1. The molecular formula is C14H17BrN2O. The molecule has 1 aromatic heterocycles. The van der Waals surface area contributed by atoms with Crippen LogP contribution in [0.3, 0.4) is 0 Å². The summed E-state index contributed by atoms with van der Waals surface area (Å²) in [6.07, 6.45) is 3.03. The maximum atomic E-state index is 11.4. The van der Waals surface area contributed by atoms with Gasteiger partial charge in [0.2, 0.25) is 5.91 Å². The van der Waals surface area contributed by atoms with Crippen molar-refractivity contribution in [2.24, 2.45) is 0 Å². The summed E-state index contributed by atoms with van der Waals surface area (Å²) in [6.45, 7) is 3.46. The molecule has 0 saturated heterocycles. The summed E-state index contributed by atoms with van der Waals surface area (Å²) >= 11 is 3.25. The monoisotopic (exact) mass is 308 g/mol. The predicted molar refractivity (Wildman–Crippen MR) is 78.0 cm³/mol. The van der Waals surface area contributed by atoms with Crippen molar-refractivity contribution in [2.75, 3.05) is 6.54 Å². The second kappa shape index (κ2) is 6.05. The first-order valence-corrected chi connectivity index (χ1v) is 7.05. The van der Waals surface area contributed by atoms with E-state index < -0.39 is 0 Å². The van der Waals surface area contributed by atoms with E-state index in [1.165, 1.54) is 10.9 Å². The van der Waals surface area contributed by atoms with E-state index in [0.717, 1.165) is 13.0 Å². The van der Waals surface area contributed by atoms with Gasteiger partial charge in [0.15, 0.2) is 0 Å². The molecule has 0 aliphatic rings. The highest BCUT2D eigenvalue weighted by atomic mass is 79.9. The SMILES string of the molecule is CC(Br)C(=O)NCCCn1ccc2ccccc21. The molecule has 0 spiro atoms. The Labute approximate surface area is 115 Å². The molecule has 0 aliphatic heterocycles. The zero-order valence-electron chi connectivity index (χ0n) is 10.4. The molecular weight excluding hydrogens is 292 g/mol. The zero-order chi connectivity index (χ0) is 13.0. The molecule has 1 aromatic carbocycles. The summed E-state index contributed by atoms with van der Waals surface area (Å²) in [5, 5.41) is 4.15. The van der Waals surface area contributed by atoms with Crippen molar-refractivity contribution in [3.05, 3.63) is 36.5 Å². The van der Waals surface area contributed by atoms with Gasteiger partial charge in [0.25, 0.3) is 0 Å². The van der Waals surface area contributed by atoms with Gasteiger partial charge in [-0.15, -0.1) is 0 Å². The van der Waals surface area contributed by atoms with Crippen molar-refractivity contribution in [1.29, 1.82) is 0 Å². The van der Waals surface area contributed by atoms with Gasteiger partial charge in [-0.2, -0.15) is 0 Å². The van der Waals surface area contributed by atoms with Gasteiger partial charge in [-0.3, -0.25) is 4.79 Å². The average molecular weight is 309 g/mol. The summed E-state index contributed by atoms with van der Waals surface area (Å²) in [6, 6.07) is 10.4. The second-order valence-electron chi connectivity index (χ2n) is 4.33. The number of carbonyl (C=O) groups excluding carboxylic acids is 1. The zero-order valence-corrected chi connectivity index (χ0v) is 12.0. The molecule has 0 bridgehead atoms. The molecule has 0 radical (unpaired) electrons. The van der Waals surface area contributed by atoms with Crippen LogP contribution in [-0.2, 0) is 11.3 Å². The van der Waals surface area contributed by atoms with Crippen LogP contribution in [0.4, 0.5) is 0 Å². The Bertz CT molecular complexity index is 533. The van der Waals surface area contributed by atoms with Crippen LogP contribution in [0.5, 0.6) is 0 Å². The number of halogens is 1. The molecule has 0 fully saturated rings. The van der Waals surface area contributed by atoms with Gasteiger partial charge in [0.1, 0.15) is 0 Å². The number of fused-ring (bicyclic) bond motifs is 1. The Kier molecular flexibility index (Phi) is 4.42. The molecule has 1 unspecified atom stereocenters. The number of nitrogens with zero attached hydrogens (tertiary/aromatic N) is 1. The minimum Gasteiger partial charge on any atom is -0.355 e. The third-order valence-electron chi connectivity index (χ3n) is 2.92. The maximum absolute atomic E-state index is 11.4. The summed E-state index contributed by atoms with van der Waals surface area (Å²) in [5.74, 6) is 0.0485. The van der Waals surface area contributed by atoms with Crippen molar-refractivity contribution in [3.8, 4) is 0 Å². The van der Waals surface area contributed by atoms with Crippen molar-refractivity contribution in [2.45, 2.75) is 24.7 Å². The number of carbonyl (C=O) groups is 1. The Balaban J connectivity index is 1.85. The lowest BCUT2D eigenvalue weighted by atomic mass is 10.2. The number of para-hydroxylation sites is 1. The molecule has 0 saturated carbocycles. The highest BCUT2D eigenvalue weighted by Gasteiger charge is 2.06. The van der Waals surface area contributed by atoms with Crippen LogP contribution in [0.25, 0.3) is 10.9 Å². The van der Waals surface area contributed by atoms with Gasteiger partial charge in [-0.1, -0.05) is 34.1 Å². The molecule has 18 heavy (non-hydrogen) atoms. The van der Waals surface area contributed by atoms with Crippen LogP contribution < -0.4 is 5.32 Å². The van der Waals surface area contributed by atoms with Gasteiger partial charge in [-0.25, -0.2) is 0 Å². The van der Waals surface area contributed by atoms with E-state index in [1.54, 1.807) is 0 Å². The molecule has 1 N–H and O–H groups in total. The van der Waals surface area contributed by atoms with Crippen molar-refractivity contribution in [1.82, 2.24) is 9.88 Å². The van der Waals surface area contributed by atoms with Crippen LogP contribution in [0.2, 0.25) is 0 Å². The normalized spacial score (nSPS) is 12.6. The average Bonchev–Trinajstić information content (AvgIpc) is 2.77. The largest absolute Gasteiger partial charge is 0.355 e. The topological polar surface area (TPSA) is 34.0 Å². The number of rotatable bonds is 5. The quantitative estimate of drug-likeness (QED) is 0.669. The smallest absolute Gasteiger partial charge is 0.233 e. The Morgan fingerprint density at radius 1 is 1.39 bits per heavy atom. The predicted octanol–water partition coefficient (Wildman–Crippen LogP) is 2.93. The molecule has 4 heteroatoms. The van der Waals surface area contributed by atoms with Crippen LogP contribution in [0, 0.1) is 0 Å². The Hall–Kier alpha value is -1.29. The fraction of sp³-hybridized carbons (Fsp3) is 0.357. The van der Waals surface area contributed by atoms with Crippen LogP contribution in [0.1, 0.15) is 13.3 Å². The maximum Gasteiger partial charge on any atom is 0.233 e. The number of hydrogen-bond acceptors (Lipinski definition) is 1. The van der Waals surface area contributed by atoms with Crippen molar-refractivity contribution in [3.63, 3.8) is 0 Å². The number of alkyl halides is 1. The molecule has 1 atom stereocenters. The number of amides is 1. The van der Waals surface area contributed by atoms with Gasteiger partial charge < -0.3 is 9.88 Å². The molecule has 96 valence electrons. The van der Waals surface area contributed by atoms with Crippen LogP contribution >= 0.6 is 15.9 Å². The van der Waals surface area contributed by atoms with Crippen LogP contribution in [0.15, 0.2) is 36.5 Å². The van der Waals surface area contributed by atoms with Crippen molar-refractivity contribution < 1.29 is 4.79 Å². The molecule has 3 nitrogen and oxygen atoms in total. The molecule has 2 rings (SSSR count). The van der Waals surface area contributed by atoms with Gasteiger partial charge in [-0.05, 0) is 30.9 Å². The van der Waals surface area contributed by atoms with Gasteiger partial charge in [0.05, 0.1) is 4.83 Å². The van der Waals surface area contributed by atoms with Gasteiger partial charge in [0, 0.05) is 24.8 Å². The lowest BCUT2D eigenvalue weighted by molar-refractivity contribution is -0.120. The number of aryl methyl sites for hydroxylation is 1. The molecule has 1 heterocycles. The summed E-state index contributed by atoms with van der Waals surface area (Å²) in [4.78, 5) is 11.2. The minimum absolute atomic E-state index is 0.0485. The number of aromatic nitrogens is 1. The molecule has 0 aliphatic carbocycles. The highest BCUT2D eigenvalue weighted by Crippen LogP contribution is 2.15. The highest BCUT2D eigenvalue weighted by molar-refractivity contribution is 9.10. The fourth-order valence-corrected chi connectivity index (χ4v) is 2.10. The number of benzene rings is 1. The van der Waals surface area contributed by atoms with E-state index in [2.05, 4.69) is 50.2 Å². The Morgan fingerprint density at radius 3 is 2.94 bits per heavy atom. The Morgan fingerprint density at radius 2 is 2.17 bits per heavy atom. The third-order valence-corrected chi connectivity index (χ3v) is 3.33. The second-order valence-corrected chi connectivity index (χ2v) is 5.70. The van der Waals surface area contributed by atoms with E-state index in [4.69, 9.17) is 0 Å². The van der Waals surface area contributed by atoms with Gasteiger partial charge >= 0.3 is 0 Å². The lowest BCUT2D eigenvalue weighted by Crippen LogP contribution is -2.30. The molecule has 1 amide bonds. The molecule has 2 aromatic rings. The van der Waals surface area contributed by atoms with E-state index in [1.807, 2.05) is 19.1 Å². The fourth-order valence-electron chi connectivity index (χ4n) is 1.94. The summed E-state index contributed by atoms with van der Waals surface area (Å²) in [5.41, 5.74) is 1.25. The standard InChI is InChI=1S/C14H17BrN2O/c1-11(15)14(18)16-8-4-9-17-10-7-12-5-2-3-6-13(12)17/h2-3,5-7,10-11H,4,8-9H2,1H3,(H,16,18). The first-order chi connectivity index (χ1) is 8.68. The van der Waals surface area contributed by atoms with E-state index >= 15 is 0 Å². The van der Waals surface area contributed by atoms with Crippen molar-refractivity contribution >= 4 is 32.7 Å². The van der Waals surface area contributed by atoms with E-state index in [-0.39, 0.29) is 10.7 Å². The first-order valence-electron chi connectivity index (χ1n) is 6.14. The lowest BCUT2D eigenvalue weighted by Gasteiger charge is -2.08.